The van der Waals surface area contributed by atoms with E-state index in [-0.39, 0.29) is 30.0 Å². The van der Waals surface area contributed by atoms with Crippen LogP contribution in [0, 0.1) is 0 Å². The normalized spacial score (nSPS) is 15.5. The summed E-state index contributed by atoms with van der Waals surface area (Å²) in [5, 5.41) is 13.3. The fraction of sp³-hybridized carbons (Fsp3) is 0.333. The second kappa shape index (κ2) is 9.66. The number of benzene rings is 2. The number of imide groups is 1. The van der Waals surface area contributed by atoms with E-state index in [0.29, 0.717) is 28.3 Å². The lowest BCUT2D eigenvalue weighted by Gasteiger charge is -2.29. The Labute approximate surface area is 196 Å². The summed E-state index contributed by atoms with van der Waals surface area (Å²) in [5.41, 5.74) is 2.84. The highest BCUT2D eigenvalue weighted by Crippen LogP contribution is 2.38. The third kappa shape index (κ3) is 5.73. The first kappa shape index (κ1) is 24.3. The van der Waals surface area contributed by atoms with Gasteiger partial charge in [0.1, 0.15) is 22.5 Å². The van der Waals surface area contributed by atoms with Gasteiger partial charge in [-0.25, -0.2) is 9.00 Å². The fourth-order valence-electron chi connectivity index (χ4n) is 3.56. The Morgan fingerprint density at radius 2 is 1.85 bits per heavy atom. The molecule has 3 amide bonds. The number of anilines is 2. The molecule has 1 saturated heterocycles. The molecule has 8 nitrogen and oxygen atoms in total. The van der Waals surface area contributed by atoms with Gasteiger partial charge in [-0.15, -0.1) is 0 Å². The van der Waals surface area contributed by atoms with Crippen molar-refractivity contribution < 1.29 is 23.6 Å². The smallest absolute Gasteiger partial charge is 0.328 e. The molecule has 33 heavy (non-hydrogen) atoms. The van der Waals surface area contributed by atoms with Gasteiger partial charge in [0, 0.05) is 53.4 Å². The van der Waals surface area contributed by atoms with Crippen molar-refractivity contribution in [1.82, 2.24) is 5.32 Å². The van der Waals surface area contributed by atoms with Gasteiger partial charge in [0.05, 0.1) is 7.11 Å². The lowest BCUT2D eigenvalue weighted by atomic mass is 9.84. The molecule has 9 heteroatoms. The number of amides is 3. The van der Waals surface area contributed by atoms with Crippen LogP contribution in [0.2, 0.25) is 0 Å². The van der Waals surface area contributed by atoms with E-state index in [1.807, 2.05) is 26.8 Å². The van der Waals surface area contributed by atoms with Gasteiger partial charge in [-0.3, -0.25) is 15.0 Å². The number of phenolic OH excluding ortho intramolecular Hbond substituents is 1. The number of aromatic hydroxyl groups is 1. The molecule has 1 unspecified atom stereocenters. The summed E-state index contributed by atoms with van der Waals surface area (Å²) >= 11 is 0. The molecule has 3 rings (SSSR count). The molecule has 3 N–H and O–H groups in total. The number of hydrogen-bond acceptors (Lipinski definition) is 5. The van der Waals surface area contributed by atoms with Gasteiger partial charge < -0.3 is 14.6 Å². The maximum Gasteiger partial charge on any atom is 0.328 e. The summed E-state index contributed by atoms with van der Waals surface area (Å²) in [7, 11) is 0.340. The highest BCUT2D eigenvalue weighted by Gasteiger charge is 2.27. The number of carbonyl (C=O) groups is 2. The first-order valence-corrected chi connectivity index (χ1v) is 12.0. The summed E-state index contributed by atoms with van der Waals surface area (Å²) in [6.07, 6.45) is 5.31. The molecule has 0 spiro atoms. The minimum Gasteiger partial charge on any atom is -0.507 e. The Bertz CT molecular complexity index is 1140. The van der Waals surface area contributed by atoms with Crippen LogP contribution in [-0.2, 0) is 21.2 Å². The predicted molar refractivity (Wildman–Crippen MR) is 132 cm³/mol. The lowest BCUT2D eigenvalue weighted by molar-refractivity contribution is -0.120. The van der Waals surface area contributed by atoms with Crippen molar-refractivity contribution in [3.8, 4) is 11.5 Å². The van der Waals surface area contributed by atoms with E-state index in [2.05, 4.69) is 10.0 Å². The minimum atomic E-state index is -1.21. The van der Waals surface area contributed by atoms with E-state index in [1.165, 1.54) is 4.90 Å². The highest BCUT2D eigenvalue weighted by atomic mass is 32.2. The van der Waals surface area contributed by atoms with E-state index in [0.717, 1.165) is 5.56 Å². The molecule has 2 aromatic carbocycles. The predicted octanol–water partition coefficient (Wildman–Crippen LogP) is 4.02. The van der Waals surface area contributed by atoms with Crippen LogP contribution in [0.15, 0.2) is 30.3 Å². The van der Waals surface area contributed by atoms with Crippen LogP contribution in [0.4, 0.5) is 16.2 Å². The Balaban J connectivity index is 2.03. The van der Waals surface area contributed by atoms with Crippen LogP contribution < -0.4 is 19.7 Å². The standard InChI is InChI=1S/C24H29N3O5S/c1-24(2,3)19-14-18(27-11-10-21(28)25-23(27)30)12-16(22(19)29)7-6-15-8-9-17(26-33(5)31)13-20(15)32-4/h6-9,12-14,26,29H,10-11H2,1-5H3,(H,25,28,30)/b7-6+. The number of nitrogens with zero attached hydrogens (tertiary/aromatic N) is 1. The third-order valence-corrected chi connectivity index (χ3v) is 5.76. The van der Waals surface area contributed by atoms with Crippen molar-refractivity contribution in [3.05, 3.63) is 47.0 Å². The molecular weight excluding hydrogens is 442 g/mol. The van der Waals surface area contributed by atoms with Crippen LogP contribution in [0.3, 0.4) is 0 Å². The molecule has 0 aliphatic carbocycles. The molecule has 1 fully saturated rings. The fourth-order valence-corrected chi connectivity index (χ4v) is 4.02. The van der Waals surface area contributed by atoms with E-state index >= 15 is 0 Å². The summed E-state index contributed by atoms with van der Waals surface area (Å²) in [5.74, 6) is 0.389. The largest absolute Gasteiger partial charge is 0.507 e. The lowest BCUT2D eigenvalue weighted by Crippen LogP contribution is -2.49. The number of phenols is 1. The molecule has 176 valence electrons. The quantitative estimate of drug-likeness (QED) is 0.552. The van der Waals surface area contributed by atoms with E-state index in [1.54, 1.807) is 49.8 Å². The summed E-state index contributed by atoms with van der Waals surface area (Å²) in [6, 6.07) is 8.37. The average Bonchev–Trinajstić information content (AvgIpc) is 2.72. The van der Waals surface area contributed by atoms with E-state index in [4.69, 9.17) is 4.74 Å². The van der Waals surface area contributed by atoms with Crippen LogP contribution in [0.1, 0.15) is 43.9 Å². The zero-order chi connectivity index (χ0) is 24.3. The number of ether oxygens (including phenoxy) is 1. The highest BCUT2D eigenvalue weighted by molar-refractivity contribution is 7.85. The monoisotopic (exact) mass is 471 g/mol. The SMILES string of the molecule is COc1cc(NS(C)=O)ccc1/C=C/c1cc(N2CCC(=O)NC2=O)cc(C(C)(C)C)c1O. The Hall–Kier alpha value is -3.33. The van der Waals surface area contributed by atoms with E-state index in [9.17, 15) is 18.9 Å². The topological polar surface area (TPSA) is 108 Å². The first-order valence-electron chi connectivity index (χ1n) is 10.4. The molecule has 0 bridgehead atoms. The van der Waals surface area contributed by atoms with Gasteiger partial charge in [0.25, 0.3) is 0 Å². The molecule has 1 atom stereocenters. The third-order valence-electron chi connectivity index (χ3n) is 5.24. The summed E-state index contributed by atoms with van der Waals surface area (Å²) in [4.78, 5) is 25.5. The van der Waals surface area contributed by atoms with Crippen molar-refractivity contribution in [3.63, 3.8) is 0 Å². The first-order chi connectivity index (χ1) is 15.5. The zero-order valence-corrected chi connectivity index (χ0v) is 20.2. The molecule has 0 saturated carbocycles. The molecular formula is C24H29N3O5S. The second-order valence-electron chi connectivity index (χ2n) is 8.78. The van der Waals surface area contributed by atoms with Gasteiger partial charge >= 0.3 is 6.03 Å². The molecule has 1 aliphatic rings. The summed E-state index contributed by atoms with van der Waals surface area (Å²) < 4.78 is 19.7. The van der Waals surface area contributed by atoms with Crippen molar-refractivity contribution in [1.29, 1.82) is 0 Å². The van der Waals surface area contributed by atoms with Gasteiger partial charge in [0.15, 0.2) is 0 Å². The number of nitrogens with one attached hydrogen (secondary N) is 2. The zero-order valence-electron chi connectivity index (χ0n) is 19.4. The number of urea groups is 1. The van der Waals surface area contributed by atoms with Crippen LogP contribution in [0.25, 0.3) is 12.2 Å². The summed E-state index contributed by atoms with van der Waals surface area (Å²) in [6.45, 7) is 6.20. The number of rotatable bonds is 6. The Morgan fingerprint density at radius 3 is 2.45 bits per heavy atom. The molecule has 0 aromatic heterocycles. The van der Waals surface area contributed by atoms with Gasteiger partial charge in [-0.05, 0) is 29.7 Å². The van der Waals surface area contributed by atoms with Crippen LogP contribution >= 0.6 is 0 Å². The van der Waals surface area contributed by atoms with Crippen LogP contribution in [-0.4, -0.2) is 41.2 Å². The van der Waals surface area contributed by atoms with Gasteiger partial charge in [-0.1, -0.05) is 32.9 Å². The minimum absolute atomic E-state index is 0.120. The maximum atomic E-state index is 12.4. The Morgan fingerprint density at radius 1 is 1.15 bits per heavy atom. The average molecular weight is 472 g/mol. The van der Waals surface area contributed by atoms with Crippen LogP contribution in [0.5, 0.6) is 11.5 Å². The van der Waals surface area contributed by atoms with Crippen molar-refractivity contribution in [2.24, 2.45) is 0 Å². The number of carbonyl (C=O) groups excluding carboxylic acids is 2. The van der Waals surface area contributed by atoms with Gasteiger partial charge in [0.2, 0.25) is 5.91 Å². The Kier molecular flexibility index (Phi) is 7.12. The number of hydrogen-bond donors (Lipinski definition) is 3. The molecule has 1 heterocycles. The van der Waals surface area contributed by atoms with Crippen molar-refractivity contribution in [2.75, 3.05) is 29.5 Å². The maximum absolute atomic E-state index is 12.4. The molecule has 1 aliphatic heterocycles. The van der Waals surface area contributed by atoms with E-state index < -0.39 is 17.0 Å². The van der Waals surface area contributed by atoms with Gasteiger partial charge in [-0.2, -0.15) is 0 Å². The molecule has 2 aromatic rings. The number of methoxy groups -OCH3 is 1. The molecule has 0 radical (unpaired) electrons. The second-order valence-corrected chi connectivity index (χ2v) is 9.89. The van der Waals surface area contributed by atoms with Crippen molar-refractivity contribution in [2.45, 2.75) is 32.6 Å². The van der Waals surface area contributed by atoms with Crippen molar-refractivity contribution >= 4 is 46.5 Å².